The van der Waals surface area contributed by atoms with Gasteiger partial charge in [-0.2, -0.15) is 0 Å². The van der Waals surface area contributed by atoms with E-state index in [9.17, 15) is 9.59 Å². The van der Waals surface area contributed by atoms with Crippen LogP contribution >= 0.6 is 0 Å². The van der Waals surface area contributed by atoms with Gasteiger partial charge in [-0.25, -0.2) is 0 Å². The van der Waals surface area contributed by atoms with Crippen molar-refractivity contribution < 1.29 is 14.7 Å². The number of nitrogens with zero attached hydrogens (tertiary/aromatic N) is 2. The predicted octanol–water partition coefficient (Wildman–Crippen LogP) is 2.45. The molecule has 0 heterocycles. The second kappa shape index (κ2) is 8.41. The van der Waals surface area contributed by atoms with Crippen LogP contribution in [0, 0.1) is 13.8 Å². The van der Waals surface area contributed by atoms with Gasteiger partial charge in [-0.1, -0.05) is 12.1 Å². The summed E-state index contributed by atoms with van der Waals surface area (Å²) in [5.74, 6) is -0.832. The van der Waals surface area contributed by atoms with Crippen molar-refractivity contribution in [2.45, 2.75) is 34.1 Å². The van der Waals surface area contributed by atoms with Gasteiger partial charge in [0.2, 0.25) is 5.91 Å². The zero-order chi connectivity index (χ0) is 16.7. The molecule has 0 bridgehead atoms. The smallest absolute Gasteiger partial charge is 0.305 e. The number of likely N-dealkylation sites (N-methyl/N-ethyl adjacent to an activating group) is 1. The molecule has 0 saturated heterocycles. The van der Waals surface area contributed by atoms with Gasteiger partial charge in [0, 0.05) is 25.3 Å². The fourth-order valence-electron chi connectivity index (χ4n) is 2.41. The fraction of sp³-hybridized carbons (Fsp3) is 0.529. The van der Waals surface area contributed by atoms with E-state index in [1.54, 1.807) is 4.90 Å². The SMILES string of the molecule is CCN(CC)C(=O)CN(CCC(=O)O)c1cc(C)ccc1C. The average Bonchev–Trinajstić information content (AvgIpc) is 2.47. The number of aliphatic carboxylic acids is 1. The normalized spacial score (nSPS) is 10.4. The summed E-state index contributed by atoms with van der Waals surface area (Å²) >= 11 is 0. The van der Waals surface area contributed by atoms with Gasteiger partial charge in [-0.05, 0) is 44.9 Å². The Morgan fingerprint density at radius 1 is 1.14 bits per heavy atom. The third kappa shape index (κ3) is 5.06. The quantitative estimate of drug-likeness (QED) is 0.801. The van der Waals surface area contributed by atoms with Crippen LogP contribution in [-0.2, 0) is 9.59 Å². The van der Waals surface area contributed by atoms with Crippen LogP contribution in [0.3, 0.4) is 0 Å². The molecule has 0 atom stereocenters. The molecule has 122 valence electrons. The summed E-state index contributed by atoms with van der Waals surface area (Å²) in [5.41, 5.74) is 3.07. The van der Waals surface area contributed by atoms with Crippen LogP contribution in [0.15, 0.2) is 18.2 Å². The standard InChI is InChI=1S/C17H26N2O3/c1-5-18(6-2)16(20)12-19(10-9-17(21)22)15-11-13(3)7-8-14(15)4/h7-8,11H,5-6,9-10,12H2,1-4H3,(H,21,22). The molecule has 0 aliphatic carbocycles. The number of amides is 1. The number of carboxylic acids is 1. The van der Waals surface area contributed by atoms with E-state index in [4.69, 9.17) is 5.11 Å². The first-order valence-electron chi connectivity index (χ1n) is 7.70. The molecular formula is C17H26N2O3. The summed E-state index contributed by atoms with van der Waals surface area (Å²) < 4.78 is 0. The minimum absolute atomic E-state index is 0.0128. The second-order valence-electron chi connectivity index (χ2n) is 5.42. The lowest BCUT2D eigenvalue weighted by Crippen LogP contribution is -2.41. The molecule has 22 heavy (non-hydrogen) atoms. The Bertz CT molecular complexity index is 525. The molecule has 0 radical (unpaired) electrons. The molecule has 5 heteroatoms. The minimum atomic E-state index is -0.856. The lowest BCUT2D eigenvalue weighted by molar-refractivity contribution is -0.137. The van der Waals surface area contributed by atoms with E-state index in [1.807, 2.05) is 50.8 Å². The minimum Gasteiger partial charge on any atom is -0.481 e. The molecule has 0 unspecified atom stereocenters. The lowest BCUT2D eigenvalue weighted by atomic mass is 10.1. The fourth-order valence-corrected chi connectivity index (χ4v) is 2.41. The summed E-state index contributed by atoms with van der Waals surface area (Å²) in [4.78, 5) is 26.9. The van der Waals surface area contributed by atoms with E-state index in [2.05, 4.69) is 0 Å². The molecule has 1 amide bonds. The van der Waals surface area contributed by atoms with E-state index in [1.165, 1.54) is 0 Å². The Morgan fingerprint density at radius 2 is 1.77 bits per heavy atom. The summed E-state index contributed by atoms with van der Waals surface area (Å²) in [5, 5.41) is 8.95. The Hall–Kier alpha value is -2.04. The first kappa shape index (κ1) is 18.0. The molecule has 0 spiro atoms. The zero-order valence-electron chi connectivity index (χ0n) is 13.9. The number of aryl methyl sites for hydroxylation is 2. The number of hydrogen-bond donors (Lipinski definition) is 1. The number of rotatable bonds is 8. The number of benzene rings is 1. The molecule has 1 N–H and O–H groups in total. The van der Waals surface area contributed by atoms with E-state index in [0.29, 0.717) is 19.6 Å². The van der Waals surface area contributed by atoms with Crippen molar-refractivity contribution in [3.05, 3.63) is 29.3 Å². The third-order valence-electron chi connectivity index (χ3n) is 3.74. The van der Waals surface area contributed by atoms with E-state index in [-0.39, 0.29) is 18.9 Å². The number of carbonyl (C=O) groups excluding carboxylic acids is 1. The predicted molar refractivity (Wildman–Crippen MR) is 88.3 cm³/mol. The van der Waals surface area contributed by atoms with Gasteiger partial charge in [0.1, 0.15) is 0 Å². The van der Waals surface area contributed by atoms with Crippen LogP contribution < -0.4 is 4.90 Å². The van der Waals surface area contributed by atoms with Gasteiger partial charge in [-0.3, -0.25) is 9.59 Å². The van der Waals surface area contributed by atoms with Crippen molar-refractivity contribution in [2.75, 3.05) is 31.1 Å². The van der Waals surface area contributed by atoms with Gasteiger partial charge in [-0.15, -0.1) is 0 Å². The molecule has 0 aliphatic heterocycles. The summed E-state index contributed by atoms with van der Waals surface area (Å²) in [6, 6.07) is 6.02. The molecule has 0 aromatic heterocycles. The van der Waals surface area contributed by atoms with Crippen molar-refractivity contribution in [3.8, 4) is 0 Å². The van der Waals surface area contributed by atoms with Crippen molar-refractivity contribution in [3.63, 3.8) is 0 Å². The molecule has 0 saturated carbocycles. The highest BCUT2D eigenvalue weighted by Crippen LogP contribution is 2.22. The van der Waals surface area contributed by atoms with Crippen LogP contribution in [0.1, 0.15) is 31.4 Å². The van der Waals surface area contributed by atoms with E-state index >= 15 is 0 Å². The highest BCUT2D eigenvalue weighted by molar-refractivity contribution is 5.82. The summed E-state index contributed by atoms with van der Waals surface area (Å²) in [7, 11) is 0. The van der Waals surface area contributed by atoms with Crippen molar-refractivity contribution in [1.82, 2.24) is 4.90 Å². The molecule has 1 aromatic rings. The maximum absolute atomic E-state index is 12.4. The number of hydrogen-bond acceptors (Lipinski definition) is 3. The molecule has 0 aliphatic rings. The summed E-state index contributed by atoms with van der Waals surface area (Å²) in [6.07, 6.45) is 0.0128. The largest absolute Gasteiger partial charge is 0.481 e. The van der Waals surface area contributed by atoms with Crippen molar-refractivity contribution in [2.24, 2.45) is 0 Å². The first-order chi connectivity index (χ1) is 10.4. The zero-order valence-corrected chi connectivity index (χ0v) is 13.9. The molecule has 1 aromatic carbocycles. The van der Waals surface area contributed by atoms with Gasteiger partial charge < -0.3 is 14.9 Å². The number of carbonyl (C=O) groups is 2. The maximum Gasteiger partial charge on any atom is 0.305 e. The Labute approximate surface area is 132 Å². The monoisotopic (exact) mass is 306 g/mol. The number of anilines is 1. The average molecular weight is 306 g/mol. The van der Waals surface area contributed by atoms with Gasteiger partial charge >= 0.3 is 5.97 Å². The molecule has 1 rings (SSSR count). The summed E-state index contributed by atoms with van der Waals surface area (Å²) in [6.45, 7) is 9.71. The van der Waals surface area contributed by atoms with Crippen LogP contribution in [-0.4, -0.2) is 48.1 Å². The Morgan fingerprint density at radius 3 is 2.32 bits per heavy atom. The third-order valence-corrected chi connectivity index (χ3v) is 3.74. The van der Waals surface area contributed by atoms with E-state index < -0.39 is 5.97 Å². The second-order valence-corrected chi connectivity index (χ2v) is 5.42. The first-order valence-corrected chi connectivity index (χ1v) is 7.70. The van der Waals surface area contributed by atoms with Crippen LogP contribution in [0.4, 0.5) is 5.69 Å². The van der Waals surface area contributed by atoms with Crippen molar-refractivity contribution >= 4 is 17.6 Å². The van der Waals surface area contributed by atoms with Crippen molar-refractivity contribution in [1.29, 1.82) is 0 Å². The van der Waals surface area contributed by atoms with Crippen LogP contribution in [0.5, 0.6) is 0 Å². The Balaban J connectivity index is 2.99. The lowest BCUT2D eigenvalue weighted by Gasteiger charge is -2.28. The topological polar surface area (TPSA) is 60.9 Å². The van der Waals surface area contributed by atoms with Gasteiger partial charge in [0.25, 0.3) is 0 Å². The molecular weight excluding hydrogens is 280 g/mol. The Kier molecular flexibility index (Phi) is 6.89. The van der Waals surface area contributed by atoms with E-state index in [0.717, 1.165) is 16.8 Å². The maximum atomic E-state index is 12.4. The number of carboxylic acid groups (broad SMARTS) is 1. The molecule has 0 fully saturated rings. The van der Waals surface area contributed by atoms with Crippen LogP contribution in [0.25, 0.3) is 0 Å². The van der Waals surface area contributed by atoms with Crippen LogP contribution in [0.2, 0.25) is 0 Å². The highest BCUT2D eigenvalue weighted by atomic mass is 16.4. The van der Waals surface area contributed by atoms with Gasteiger partial charge in [0.05, 0.1) is 13.0 Å². The highest BCUT2D eigenvalue weighted by Gasteiger charge is 2.18. The van der Waals surface area contributed by atoms with Gasteiger partial charge in [0.15, 0.2) is 0 Å². The molecule has 5 nitrogen and oxygen atoms in total.